The third kappa shape index (κ3) is 28.1. The summed E-state index contributed by atoms with van der Waals surface area (Å²) >= 11 is 0. The van der Waals surface area contributed by atoms with E-state index in [4.69, 9.17) is 10.2 Å². The summed E-state index contributed by atoms with van der Waals surface area (Å²) in [4.78, 5) is 0. The number of hydrogen-bond acceptors (Lipinski definition) is 2. The highest BCUT2D eigenvalue weighted by Crippen LogP contribution is 2.14. The highest BCUT2D eigenvalue weighted by atomic mass is 16.3. The normalized spacial score (nSPS) is 12.1. The Kier molecular flexibility index (Phi) is 29.0. The average Bonchev–Trinajstić information content (AvgIpc) is 2.69. The molecule has 0 aromatic heterocycles. The number of unbranched alkanes of at least 4 members (excludes halogenated alkanes) is 13. The van der Waals surface area contributed by atoms with E-state index in [1.165, 1.54) is 103 Å². The van der Waals surface area contributed by atoms with Crippen LogP contribution >= 0.6 is 0 Å². The first-order valence-corrected chi connectivity index (χ1v) is 12.8. The lowest BCUT2D eigenvalue weighted by Gasteiger charge is -2.08. The van der Waals surface area contributed by atoms with Gasteiger partial charge in [0.2, 0.25) is 0 Å². The summed E-state index contributed by atoms with van der Waals surface area (Å²) in [6.07, 6.45) is 24.1. The molecule has 0 bridgehead atoms. The summed E-state index contributed by atoms with van der Waals surface area (Å²) in [6, 6.07) is 0. The molecule has 0 aromatic rings. The van der Waals surface area contributed by atoms with Crippen molar-refractivity contribution < 1.29 is 10.2 Å². The Hall–Kier alpha value is -0.0800. The van der Waals surface area contributed by atoms with Crippen LogP contribution in [0, 0.1) is 11.8 Å². The molecule has 0 rings (SSSR count). The van der Waals surface area contributed by atoms with Gasteiger partial charge in [0, 0.05) is 13.2 Å². The van der Waals surface area contributed by atoms with Crippen LogP contribution in [0.5, 0.6) is 0 Å². The highest BCUT2D eigenvalue weighted by molar-refractivity contribution is 4.53. The van der Waals surface area contributed by atoms with Gasteiger partial charge >= 0.3 is 0 Å². The van der Waals surface area contributed by atoms with E-state index in [0.29, 0.717) is 19.1 Å². The van der Waals surface area contributed by atoms with Crippen LogP contribution in [-0.4, -0.2) is 23.4 Å². The minimum atomic E-state index is 0.372. The van der Waals surface area contributed by atoms with Gasteiger partial charge in [-0.05, 0) is 24.7 Å². The second kappa shape index (κ2) is 26.9. The zero-order chi connectivity index (χ0) is 21.3. The highest BCUT2D eigenvalue weighted by Gasteiger charge is 2.01. The van der Waals surface area contributed by atoms with Gasteiger partial charge in [-0.1, -0.05) is 130 Å². The lowest BCUT2D eigenvalue weighted by molar-refractivity contribution is 0.212. The maximum Gasteiger partial charge on any atom is 0.0459 e. The van der Waals surface area contributed by atoms with Crippen molar-refractivity contribution in [1.82, 2.24) is 0 Å². The summed E-state index contributed by atoms with van der Waals surface area (Å²) in [6.45, 7) is 9.71. The van der Waals surface area contributed by atoms with Crippen LogP contribution < -0.4 is 0 Å². The fraction of sp³-hybridized carbons (Fsp3) is 1.00. The Labute approximate surface area is 178 Å². The van der Waals surface area contributed by atoms with Gasteiger partial charge < -0.3 is 10.2 Å². The maximum atomic E-state index is 8.75. The lowest BCUT2D eigenvalue weighted by atomic mass is 10.0. The largest absolute Gasteiger partial charge is 0.396 e. The molecule has 0 fully saturated rings. The molecule has 0 aliphatic heterocycles. The molecule has 0 saturated heterocycles. The zero-order valence-electron chi connectivity index (χ0n) is 20.2. The lowest BCUT2D eigenvalue weighted by Crippen LogP contribution is -2.03. The van der Waals surface area contributed by atoms with Crippen molar-refractivity contribution in [2.24, 2.45) is 11.8 Å². The van der Waals surface area contributed by atoms with Crippen LogP contribution in [0.15, 0.2) is 0 Å². The molecule has 2 heteroatoms. The third-order valence-electron chi connectivity index (χ3n) is 5.74. The first-order chi connectivity index (χ1) is 13.6. The van der Waals surface area contributed by atoms with E-state index in [1.807, 2.05) is 0 Å². The molecule has 28 heavy (non-hydrogen) atoms. The van der Waals surface area contributed by atoms with E-state index in [1.54, 1.807) is 0 Å². The summed E-state index contributed by atoms with van der Waals surface area (Å²) in [5.74, 6) is 1.45. The van der Waals surface area contributed by atoms with Crippen molar-refractivity contribution in [2.45, 2.75) is 143 Å². The molecule has 0 saturated carbocycles. The van der Waals surface area contributed by atoms with Crippen molar-refractivity contribution in [1.29, 1.82) is 0 Å². The summed E-state index contributed by atoms with van der Waals surface area (Å²) < 4.78 is 0. The molecule has 172 valence electrons. The van der Waals surface area contributed by atoms with Crippen molar-refractivity contribution in [3.63, 3.8) is 0 Å². The standard InChI is InChI=1S/C18H38O.C8H18O/c1-18(2)16-14-12-10-8-6-4-3-5-7-9-11-13-15-17-19;1-3-5-6-8(4-2)7-9/h18-19H,3-17H2,1-2H3;8-9H,3-7H2,1-2H3. The quantitative estimate of drug-likeness (QED) is 0.202. The molecule has 0 radical (unpaired) electrons. The van der Waals surface area contributed by atoms with E-state index >= 15 is 0 Å². The molecular weight excluding hydrogens is 344 g/mol. The van der Waals surface area contributed by atoms with Crippen LogP contribution in [-0.2, 0) is 0 Å². The van der Waals surface area contributed by atoms with Gasteiger partial charge in [-0.3, -0.25) is 0 Å². The fourth-order valence-electron chi connectivity index (χ4n) is 3.53. The molecule has 2 N–H and O–H groups in total. The Morgan fingerprint density at radius 3 is 1.29 bits per heavy atom. The molecule has 1 atom stereocenters. The van der Waals surface area contributed by atoms with Gasteiger partial charge in [0.25, 0.3) is 0 Å². The minimum Gasteiger partial charge on any atom is -0.396 e. The Morgan fingerprint density at radius 2 is 0.964 bits per heavy atom. The van der Waals surface area contributed by atoms with Crippen LogP contribution in [0.3, 0.4) is 0 Å². The molecule has 0 aliphatic rings. The number of aliphatic hydroxyl groups excluding tert-OH is 2. The van der Waals surface area contributed by atoms with Gasteiger partial charge in [0.1, 0.15) is 0 Å². The van der Waals surface area contributed by atoms with Gasteiger partial charge in [-0.2, -0.15) is 0 Å². The molecular formula is C26H56O2. The molecule has 0 spiro atoms. The van der Waals surface area contributed by atoms with Crippen LogP contribution in [0.1, 0.15) is 143 Å². The number of aliphatic hydroxyl groups is 2. The predicted molar refractivity (Wildman–Crippen MR) is 127 cm³/mol. The van der Waals surface area contributed by atoms with E-state index in [0.717, 1.165) is 18.8 Å². The monoisotopic (exact) mass is 400 g/mol. The number of rotatable bonds is 20. The van der Waals surface area contributed by atoms with Crippen molar-refractivity contribution in [3.05, 3.63) is 0 Å². The summed E-state index contributed by atoms with van der Waals surface area (Å²) in [7, 11) is 0. The Bertz CT molecular complexity index is 249. The third-order valence-corrected chi connectivity index (χ3v) is 5.74. The fourth-order valence-corrected chi connectivity index (χ4v) is 3.53. The van der Waals surface area contributed by atoms with Gasteiger partial charge in [0.15, 0.2) is 0 Å². The first kappa shape index (κ1) is 30.1. The topological polar surface area (TPSA) is 40.5 Å². The van der Waals surface area contributed by atoms with Crippen molar-refractivity contribution >= 4 is 0 Å². The zero-order valence-corrected chi connectivity index (χ0v) is 20.2. The predicted octanol–water partition coefficient (Wildman–Crippen LogP) is 8.29. The van der Waals surface area contributed by atoms with Gasteiger partial charge in [-0.25, -0.2) is 0 Å². The van der Waals surface area contributed by atoms with E-state index < -0.39 is 0 Å². The maximum absolute atomic E-state index is 8.75. The second-order valence-electron chi connectivity index (χ2n) is 9.10. The minimum absolute atomic E-state index is 0.372. The second-order valence-corrected chi connectivity index (χ2v) is 9.10. The SMILES string of the molecule is CC(C)CCCCCCCCCCCCCCCO.CCCCC(CC)CO. The smallest absolute Gasteiger partial charge is 0.0459 e. The molecule has 0 aliphatic carbocycles. The number of hydrogen-bond donors (Lipinski definition) is 2. The molecule has 0 heterocycles. The Balaban J connectivity index is 0. The van der Waals surface area contributed by atoms with E-state index in [-0.39, 0.29) is 0 Å². The van der Waals surface area contributed by atoms with Gasteiger partial charge in [-0.15, -0.1) is 0 Å². The molecule has 0 amide bonds. The molecule has 1 unspecified atom stereocenters. The van der Waals surface area contributed by atoms with Crippen molar-refractivity contribution in [3.8, 4) is 0 Å². The van der Waals surface area contributed by atoms with E-state index in [9.17, 15) is 0 Å². The van der Waals surface area contributed by atoms with Crippen LogP contribution in [0.2, 0.25) is 0 Å². The molecule has 2 nitrogen and oxygen atoms in total. The summed E-state index contributed by atoms with van der Waals surface area (Å²) in [5, 5.41) is 17.4. The van der Waals surface area contributed by atoms with Crippen molar-refractivity contribution in [2.75, 3.05) is 13.2 Å². The van der Waals surface area contributed by atoms with E-state index in [2.05, 4.69) is 27.7 Å². The Morgan fingerprint density at radius 1 is 0.536 bits per heavy atom. The summed E-state index contributed by atoms with van der Waals surface area (Å²) in [5.41, 5.74) is 0. The van der Waals surface area contributed by atoms with Crippen LogP contribution in [0.4, 0.5) is 0 Å². The average molecular weight is 401 g/mol. The van der Waals surface area contributed by atoms with Crippen LogP contribution in [0.25, 0.3) is 0 Å². The first-order valence-electron chi connectivity index (χ1n) is 12.8. The van der Waals surface area contributed by atoms with Gasteiger partial charge in [0.05, 0.1) is 0 Å². The molecule has 0 aromatic carbocycles.